The van der Waals surface area contributed by atoms with Crippen molar-refractivity contribution in [2.75, 3.05) is 6.61 Å². The fourth-order valence-corrected chi connectivity index (χ4v) is 0.469. The second-order valence-corrected chi connectivity index (χ2v) is 3.21. The van der Waals surface area contributed by atoms with Crippen molar-refractivity contribution in [2.45, 2.75) is 44.8 Å². The zero-order valence-electron chi connectivity index (χ0n) is 9.99. The Kier molecular flexibility index (Phi) is 9.85. The fraction of sp³-hybridized carbons (Fsp3) is 1.00. The van der Waals surface area contributed by atoms with Gasteiger partial charge in [-0.2, -0.15) is 39.5 Å². The van der Waals surface area contributed by atoms with Gasteiger partial charge in [-0.15, -0.1) is 0 Å². The molecule has 13 heteroatoms. The molecule has 0 aromatic carbocycles. The van der Waals surface area contributed by atoms with Gasteiger partial charge in [0.1, 0.15) is 6.61 Å². The lowest BCUT2D eigenvalue weighted by Crippen LogP contribution is -2.33. The molecule has 0 aliphatic rings. The molecule has 21 heavy (non-hydrogen) atoms. The van der Waals surface area contributed by atoms with Gasteiger partial charge in [0.25, 0.3) is 0 Å². The second kappa shape index (κ2) is 9.23. The van der Waals surface area contributed by atoms with Gasteiger partial charge in [-0.25, -0.2) is 8.78 Å². The third-order valence-corrected chi connectivity index (χ3v) is 1.49. The summed E-state index contributed by atoms with van der Waals surface area (Å²) in [6.45, 7) is -8.29. The zero-order chi connectivity index (χ0) is 17.4. The van der Waals surface area contributed by atoms with Gasteiger partial charge in [-0.05, 0) is 6.92 Å². The number of hydrogen-bond donors (Lipinski definition) is 0. The second-order valence-electron chi connectivity index (χ2n) is 3.21. The van der Waals surface area contributed by atoms with Crippen molar-refractivity contribution in [1.82, 2.24) is 0 Å². The number of alkyl halides is 11. The lowest BCUT2D eigenvalue weighted by molar-refractivity contribution is -0.267. The van der Waals surface area contributed by atoms with E-state index in [9.17, 15) is 48.3 Å². The Hall–Kier alpha value is -0.850. The Morgan fingerprint density at radius 1 is 0.810 bits per heavy atom. The van der Waals surface area contributed by atoms with E-state index in [0.717, 1.165) is 0 Å². The van der Waals surface area contributed by atoms with Crippen molar-refractivity contribution < 1.29 is 57.8 Å². The fourth-order valence-electron chi connectivity index (χ4n) is 0.469. The van der Waals surface area contributed by atoms with E-state index >= 15 is 0 Å². The van der Waals surface area contributed by atoms with Crippen LogP contribution in [0.4, 0.5) is 48.3 Å². The van der Waals surface area contributed by atoms with Crippen molar-refractivity contribution in [2.24, 2.45) is 0 Å². The molecule has 0 N–H and O–H groups in total. The predicted octanol–water partition coefficient (Wildman–Crippen LogP) is 4.30. The molecule has 0 saturated heterocycles. The maximum atomic E-state index is 11.7. The molecule has 0 spiro atoms. The molecule has 0 aliphatic carbocycles. The Labute approximate surface area is 110 Å². The molecule has 0 amide bonds. The summed E-state index contributed by atoms with van der Waals surface area (Å²) in [6.07, 6.45) is -11.1. The highest BCUT2D eigenvalue weighted by Crippen LogP contribution is 2.24. The normalized spacial score (nSPS) is 14.4. The molecule has 0 aliphatic heterocycles. The lowest BCUT2D eigenvalue weighted by atomic mass is 10.4. The van der Waals surface area contributed by atoms with E-state index in [1.54, 1.807) is 0 Å². The molecule has 1 atom stereocenters. The SMILES string of the molecule is CC(OC(F)F)C(F)(F)F.FC(F)OCC(F)(F)C(F)F. The smallest absolute Gasteiger partial charge is 0.316 e. The highest BCUT2D eigenvalue weighted by Gasteiger charge is 2.41. The van der Waals surface area contributed by atoms with Gasteiger partial charge in [-0.3, -0.25) is 0 Å². The van der Waals surface area contributed by atoms with E-state index in [1.165, 1.54) is 0 Å². The highest BCUT2D eigenvalue weighted by atomic mass is 19.4. The first kappa shape index (κ1) is 22.4. The molecule has 0 heterocycles. The Morgan fingerprint density at radius 2 is 1.24 bits per heavy atom. The molecule has 0 bridgehead atoms. The van der Waals surface area contributed by atoms with Crippen LogP contribution >= 0.6 is 0 Å². The topological polar surface area (TPSA) is 18.5 Å². The number of rotatable bonds is 6. The number of hydrogen-bond acceptors (Lipinski definition) is 2. The number of ether oxygens (including phenoxy) is 2. The van der Waals surface area contributed by atoms with Crippen LogP contribution in [0.25, 0.3) is 0 Å². The van der Waals surface area contributed by atoms with E-state index < -0.39 is 44.5 Å². The molecule has 0 aromatic heterocycles. The van der Waals surface area contributed by atoms with E-state index in [4.69, 9.17) is 0 Å². The van der Waals surface area contributed by atoms with Crippen LogP contribution in [0.2, 0.25) is 0 Å². The molecule has 1 unspecified atom stereocenters. The van der Waals surface area contributed by atoms with Crippen LogP contribution in [-0.4, -0.2) is 44.5 Å². The Balaban J connectivity index is 0. The van der Waals surface area contributed by atoms with Gasteiger partial charge in [0, 0.05) is 0 Å². The maximum absolute atomic E-state index is 11.7. The van der Waals surface area contributed by atoms with Crippen LogP contribution in [0.3, 0.4) is 0 Å². The summed E-state index contributed by atoms with van der Waals surface area (Å²) in [4.78, 5) is 0. The molecule has 130 valence electrons. The van der Waals surface area contributed by atoms with E-state index in [-0.39, 0.29) is 0 Å². The first-order valence-electron chi connectivity index (χ1n) is 4.76. The molecule has 2 nitrogen and oxygen atoms in total. The standard InChI is InChI=1S/C4H4F6O.C4H5F5O/c5-2(6)4(9,10)1-11-3(7)8;1-2(4(7,8)9)10-3(5)6/h2-3H,1H2;2-3H,1H3. The Morgan fingerprint density at radius 3 is 1.43 bits per heavy atom. The van der Waals surface area contributed by atoms with Gasteiger partial charge in [-0.1, -0.05) is 0 Å². The van der Waals surface area contributed by atoms with Crippen molar-refractivity contribution in [3.05, 3.63) is 0 Å². The van der Waals surface area contributed by atoms with Crippen LogP contribution in [0.1, 0.15) is 6.92 Å². The third-order valence-electron chi connectivity index (χ3n) is 1.49. The van der Waals surface area contributed by atoms with Gasteiger partial charge < -0.3 is 9.47 Å². The van der Waals surface area contributed by atoms with Crippen LogP contribution in [0, 0.1) is 0 Å². The summed E-state index contributed by atoms with van der Waals surface area (Å²) in [5, 5.41) is 0. The molecule has 0 saturated carbocycles. The highest BCUT2D eigenvalue weighted by molar-refractivity contribution is 4.67. The minimum atomic E-state index is -4.71. The predicted molar refractivity (Wildman–Crippen MR) is 45.5 cm³/mol. The summed E-state index contributed by atoms with van der Waals surface area (Å²) in [5.41, 5.74) is 0. The molecule has 0 fully saturated rings. The van der Waals surface area contributed by atoms with E-state index in [0.29, 0.717) is 6.92 Å². The van der Waals surface area contributed by atoms with Crippen LogP contribution < -0.4 is 0 Å². The molecular weight excluding hydrogens is 337 g/mol. The lowest BCUT2D eigenvalue weighted by Gasteiger charge is -2.14. The average Bonchev–Trinajstić information content (AvgIpc) is 2.25. The summed E-state index contributed by atoms with van der Waals surface area (Å²) in [5.74, 6) is -4.50. The third kappa shape index (κ3) is 12.6. The van der Waals surface area contributed by atoms with E-state index in [2.05, 4.69) is 9.47 Å². The van der Waals surface area contributed by atoms with E-state index in [1.807, 2.05) is 0 Å². The molecule has 0 aromatic rings. The zero-order valence-corrected chi connectivity index (χ0v) is 9.99. The van der Waals surface area contributed by atoms with Crippen LogP contribution in [0.15, 0.2) is 0 Å². The quantitative estimate of drug-likeness (QED) is 0.668. The van der Waals surface area contributed by atoms with Gasteiger partial charge in [0.2, 0.25) is 0 Å². The maximum Gasteiger partial charge on any atom is 0.414 e. The first-order chi connectivity index (χ1) is 9.20. The van der Waals surface area contributed by atoms with Crippen LogP contribution in [0.5, 0.6) is 0 Å². The first-order valence-corrected chi connectivity index (χ1v) is 4.76. The minimum Gasteiger partial charge on any atom is -0.316 e. The van der Waals surface area contributed by atoms with Gasteiger partial charge in [0.15, 0.2) is 6.10 Å². The summed E-state index contributed by atoms with van der Waals surface area (Å²) >= 11 is 0. The van der Waals surface area contributed by atoms with Crippen molar-refractivity contribution in [3.63, 3.8) is 0 Å². The van der Waals surface area contributed by atoms with Crippen LogP contribution in [-0.2, 0) is 9.47 Å². The molecule has 0 radical (unpaired) electrons. The van der Waals surface area contributed by atoms with Gasteiger partial charge in [0.05, 0.1) is 0 Å². The Bertz CT molecular complexity index is 265. The number of halogens is 11. The van der Waals surface area contributed by atoms with Crippen molar-refractivity contribution in [1.29, 1.82) is 0 Å². The summed E-state index contributed by atoms with van der Waals surface area (Å²) in [7, 11) is 0. The summed E-state index contributed by atoms with van der Waals surface area (Å²) in [6, 6.07) is 0. The van der Waals surface area contributed by atoms with Crippen molar-refractivity contribution in [3.8, 4) is 0 Å². The molecule has 0 rings (SSSR count). The average molecular weight is 346 g/mol. The monoisotopic (exact) mass is 346 g/mol. The molecular formula is C8H9F11O2. The minimum absolute atomic E-state index is 0.520. The van der Waals surface area contributed by atoms with Gasteiger partial charge >= 0.3 is 31.7 Å². The van der Waals surface area contributed by atoms with Crippen molar-refractivity contribution >= 4 is 0 Å². The summed E-state index contributed by atoms with van der Waals surface area (Å²) < 4.78 is 130. The largest absolute Gasteiger partial charge is 0.414 e.